The predicted molar refractivity (Wildman–Crippen MR) is 83.4 cm³/mol. The van der Waals surface area contributed by atoms with Crippen LogP contribution in [-0.4, -0.2) is 36.6 Å². The van der Waals surface area contributed by atoms with Crippen LogP contribution in [0.5, 0.6) is 0 Å². The fraction of sp³-hybridized carbons (Fsp3) is 1.00. The molecule has 1 saturated heterocycles. The molecule has 0 aromatic rings. The Labute approximate surface area is 120 Å². The zero-order valence-corrected chi connectivity index (χ0v) is 13.5. The molecule has 3 unspecified atom stereocenters. The summed E-state index contributed by atoms with van der Waals surface area (Å²) in [4.78, 5) is 2.73. The summed E-state index contributed by atoms with van der Waals surface area (Å²) in [6.07, 6.45) is 7.28. The van der Waals surface area contributed by atoms with Crippen molar-refractivity contribution < 1.29 is 0 Å². The molecule has 0 spiro atoms. The summed E-state index contributed by atoms with van der Waals surface area (Å²) in [5.41, 5.74) is 0.270. The second-order valence-corrected chi connectivity index (χ2v) is 8.18. The van der Waals surface area contributed by atoms with Crippen LogP contribution in [0.3, 0.4) is 0 Å². The summed E-state index contributed by atoms with van der Waals surface area (Å²) in [6.45, 7) is 14.5. The van der Waals surface area contributed by atoms with Gasteiger partial charge >= 0.3 is 0 Å². The van der Waals surface area contributed by atoms with Crippen LogP contribution in [0.25, 0.3) is 0 Å². The molecule has 1 aliphatic heterocycles. The van der Waals surface area contributed by atoms with Gasteiger partial charge in [-0.2, -0.15) is 0 Å². The lowest BCUT2D eigenvalue weighted by Crippen LogP contribution is -2.40. The second-order valence-electron chi connectivity index (χ2n) is 8.18. The lowest BCUT2D eigenvalue weighted by Gasteiger charge is -2.30. The SMILES string of the molecule is CC1CCCC(CN2CCC(CNC(C)(C)C)C2)C1. The topological polar surface area (TPSA) is 15.3 Å². The number of likely N-dealkylation sites (tertiary alicyclic amines) is 1. The fourth-order valence-electron chi connectivity index (χ4n) is 3.79. The van der Waals surface area contributed by atoms with Crippen LogP contribution in [0.4, 0.5) is 0 Å². The number of hydrogen-bond acceptors (Lipinski definition) is 2. The fourth-order valence-corrected chi connectivity index (χ4v) is 3.79. The first-order valence-electron chi connectivity index (χ1n) is 8.40. The Kier molecular flexibility index (Phi) is 5.30. The number of nitrogens with one attached hydrogen (secondary N) is 1. The Morgan fingerprint density at radius 1 is 1.11 bits per heavy atom. The normalized spacial score (nSPS) is 33.8. The van der Waals surface area contributed by atoms with Gasteiger partial charge in [-0.25, -0.2) is 0 Å². The lowest BCUT2D eigenvalue weighted by atomic mass is 9.82. The first-order valence-corrected chi connectivity index (χ1v) is 8.40. The van der Waals surface area contributed by atoms with Crippen LogP contribution in [0.15, 0.2) is 0 Å². The maximum atomic E-state index is 3.67. The molecule has 1 heterocycles. The monoisotopic (exact) mass is 266 g/mol. The van der Waals surface area contributed by atoms with Crippen LogP contribution >= 0.6 is 0 Å². The van der Waals surface area contributed by atoms with Crippen LogP contribution < -0.4 is 5.32 Å². The van der Waals surface area contributed by atoms with Crippen molar-refractivity contribution in [2.75, 3.05) is 26.2 Å². The third kappa shape index (κ3) is 5.43. The van der Waals surface area contributed by atoms with E-state index >= 15 is 0 Å². The Hall–Kier alpha value is -0.0800. The molecule has 2 nitrogen and oxygen atoms in total. The number of rotatable bonds is 4. The molecule has 0 amide bonds. The quantitative estimate of drug-likeness (QED) is 0.837. The van der Waals surface area contributed by atoms with E-state index in [0.29, 0.717) is 0 Å². The molecule has 0 radical (unpaired) electrons. The van der Waals surface area contributed by atoms with E-state index in [2.05, 4.69) is 37.9 Å². The minimum absolute atomic E-state index is 0.270. The standard InChI is InChI=1S/C17H34N2/c1-14-6-5-7-15(10-14)12-19-9-8-16(13-19)11-18-17(2,3)4/h14-16,18H,5-13H2,1-4H3. The van der Waals surface area contributed by atoms with Gasteiger partial charge in [0.15, 0.2) is 0 Å². The molecule has 3 atom stereocenters. The third-order valence-corrected chi connectivity index (χ3v) is 4.85. The Morgan fingerprint density at radius 3 is 2.58 bits per heavy atom. The molecule has 0 bridgehead atoms. The molecule has 2 heteroatoms. The zero-order chi connectivity index (χ0) is 13.9. The third-order valence-electron chi connectivity index (χ3n) is 4.85. The van der Waals surface area contributed by atoms with E-state index in [1.807, 2.05) is 0 Å². The molecule has 2 fully saturated rings. The van der Waals surface area contributed by atoms with E-state index in [-0.39, 0.29) is 5.54 Å². The van der Waals surface area contributed by atoms with Gasteiger partial charge in [-0.05, 0) is 70.9 Å². The molecule has 19 heavy (non-hydrogen) atoms. The molecule has 1 N–H and O–H groups in total. The van der Waals surface area contributed by atoms with Gasteiger partial charge in [-0.3, -0.25) is 0 Å². The molecule has 112 valence electrons. The smallest absolute Gasteiger partial charge is 0.00966 e. The summed E-state index contributed by atoms with van der Waals surface area (Å²) < 4.78 is 0. The molecular formula is C17H34N2. The van der Waals surface area contributed by atoms with Crippen molar-refractivity contribution in [3.8, 4) is 0 Å². The van der Waals surface area contributed by atoms with E-state index in [9.17, 15) is 0 Å². The Balaban J connectivity index is 1.67. The minimum Gasteiger partial charge on any atom is -0.312 e. The van der Waals surface area contributed by atoms with E-state index in [4.69, 9.17) is 0 Å². The second kappa shape index (κ2) is 6.58. The summed E-state index contributed by atoms with van der Waals surface area (Å²) in [6, 6.07) is 0. The van der Waals surface area contributed by atoms with Crippen LogP contribution in [0.1, 0.15) is 59.8 Å². The lowest BCUT2D eigenvalue weighted by molar-refractivity contribution is 0.198. The molecular weight excluding hydrogens is 232 g/mol. The average Bonchev–Trinajstić information content (AvgIpc) is 2.73. The van der Waals surface area contributed by atoms with E-state index in [1.54, 1.807) is 0 Å². The first-order chi connectivity index (χ1) is 8.92. The van der Waals surface area contributed by atoms with E-state index in [1.165, 1.54) is 58.3 Å². The maximum absolute atomic E-state index is 3.67. The molecule has 0 aromatic carbocycles. The molecule has 1 saturated carbocycles. The molecule has 2 rings (SSSR count). The zero-order valence-electron chi connectivity index (χ0n) is 13.5. The van der Waals surface area contributed by atoms with Gasteiger partial charge in [0.25, 0.3) is 0 Å². The van der Waals surface area contributed by atoms with Gasteiger partial charge < -0.3 is 10.2 Å². The first kappa shape index (κ1) is 15.3. The van der Waals surface area contributed by atoms with Crippen molar-refractivity contribution in [3.05, 3.63) is 0 Å². The van der Waals surface area contributed by atoms with Crippen LogP contribution in [0.2, 0.25) is 0 Å². The summed E-state index contributed by atoms with van der Waals surface area (Å²) in [7, 11) is 0. The van der Waals surface area contributed by atoms with Crippen molar-refractivity contribution in [2.45, 2.75) is 65.3 Å². The van der Waals surface area contributed by atoms with Crippen LogP contribution in [0, 0.1) is 17.8 Å². The predicted octanol–water partition coefficient (Wildman–Crippen LogP) is 3.52. The minimum atomic E-state index is 0.270. The number of nitrogens with zero attached hydrogens (tertiary/aromatic N) is 1. The number of hydrogen-bond donors (Lipinski definition) is 1. The van der Waals surface area contributed by atoms with Gasteiger partial charge in [0.1, 0.15) is 0 Å². The highest BCUT2D eigenvalue weighted by molar-refractivity contribution is 4.82. The Bertz CT molecular complexity index is 269. The largest absolute Gasteiger partial charge is 0.312 e. The van der Waals surface area contributed by atoms with Crippen molar-refractivity contribution in [1.82, 2.24) is 10.2 Å². The summed E-state index contributed by atoms with van der Waals surface area (Å²) in [5.74, 6) is 2.83. The van der Waals surface area contributed by atoms with Gasteiger partial charge in [0.05, 0.1) is 0 Å². The average molecular weight is 266 g/mol. The maximum Gasteiger partial charge on any atom is 0.00966 e. The highest BCUT2D eigenvalue weighted by Crippen LogP contribution is 2.30. The van der Waals surface area contributed by atoms with Crippen molar-refractivity contribution >= 4 is 0 Å². The highest BCUT2D eigenvalue weighted by Gasteiger charge is 2.27. The van der Waals surface area contributed by atoms with E-state index < -0.39 is 0 Å². The van der Waals surface area contributed by atoms with E-state index in [0.717, 1.165) is 17.8 Å². The van der Waals surface area contributed by atoms with Crippen LogP contribution in [-0.2, 0) is 0 Å². The molecule has 1 aliphatic carbocycles. The molecule has 2 aliphatic rings. The summed E-state index contributed by atoms with van der Waals surface area (Å²) in [5, 5.41) is 3.67. The molecule has 0 aromatic heterocycles. The van der Waals surface area contributed by atoms with Gasteiger partial charge in [-0.1, -0.05) is 19.8 Å². The van der Waals surface area contributed by atoms with Gasteiger partial charge in [0, 0.05) is 18.6 Å². The highest BCUT2D eigenvalue weighted by atomic mass is 15.2. The van der Waals surface area contributed by atoms with Crippen molar-refractivity contribution in [1.29, 1.82) is 0 Å². The van der Waals surface area contributed by atoms with Crippen molar-refractivity contribution in [2.24, 2.45) is 17.8 Å². The summed E-state index contributed by atoms with van der Waals surface area (Å²) >= 11 is 0. The van der Waals surface area contributed by atoms with Gasteiger partial charge in [0.2, 0.25) is 0 Å². The Morgan fingerprint density at radius 2 is 1.89 bits per heavy atom. The van der Waals surface area contributed by atoms with Gasteiger partial charge in [-0.15, -0.1) is 0 Å². The van der Waals surface area contributed by atoms with Crippen molar-refractivity contribution in [3.63, 3.8) is 0 Å².